The molecule has 0 amide bonds. The van der Waals surface area contributed by atoms with Gasteiger partial charge in [-0.1, -0.05) is 19.9 Å². The zero-order valence-corrected chi connectivity index (χ0v) is 22.6. The summed E-state index contributed by atoms with van der Waals surface area (Å²) in [7, 11) is 0. The zero-order valence-electron chi connectivity index (χ0n) is 22.6. The summed E-state index contributed by atoms with van der Waals surface area (Å²) in [6.07, 6.45) is 3.53. The number of hydrogen-bond acceptors (Lipinski definition) is 5. The van der Waals surface area contributed by atoms with Crippen LogP contribution in [0.4, 0.5) is 0 Å². The number of rotatable bonds is 5. The lowest BCUT2D eigenvalue weighted by Crippen LogP contribution is -2.10. The number of aliphatic hydroxyl groups is 1. The molecular weight excluding hydrogens is 464 g/mol. The normalized spacial score (nSPS) is 12.9. The molecular formula is C31H36N2O4. The molecule has 0 unspecified atom stereocenters. The molecule has 0 aliphatic carbocycles. The third-order valence-electron chi connectivity index (χ3n) is 6.17. The van der Waals surface area contributed by atoms with Gasteiger partial charge < -0.3 is 14.9 Å². The molecule has 0 radical (unpaired) electrons. The smallest absolute Gasteiger partial charge is 0.307 e. The maximum atomic E-state index is 11.8. The molecule has 3 heterocycles. The van der Waals surface area contributed by atoms with E-state index in [0.717, 1.165) is 68.3 Å². The highest BCUT2D eigenvalue weighted by Crippen LogP contribution is 2.42. The van der Waals surface area contributed by atoms with Crippen molar-refractivity contribution in [3.05, 3.63) is 65.0 Å². The zero-order chi connectivity index (χ0) is 26.9. The summed E-state index contributed by atoms with van der Waals surface area (Å²) in [5.41, 5.74) is 7.08. The van der Waals surface area contributed by atoms with Gasteiger partial charge in [0.2, 0.25) is 0 Å². The van der Waals surface area contributed by atoms with Gasteiger partial charge in [0, 0.05) is 34.6 Å². The van der Waals surface area contributed by atoms with Gasteiger partial charge in [0.05, 0.1) is 29.7 Å². The number of aryl methyl sites for hydroxylation is 1. The van der Waals surface area contributed by atoms with Gasteiger partial charge in [0.25, 0.3) is 0 Å². The van der Waals surface area contributed by atoms with Gasteiger partial charge in [-0.25, -0.2) is 0 Å². The number of aliphatic carboxylic acids is 1. The van der Waals surface area contributed by atoms with E-state index < -0.39 is 11.6 Å². The summed E-state index contributed by atoms with van der Waals surface area (Å²) >= 11 is 0. The Bertz CT molecular complexity index is 1450. The molecule has 6 heteroatoms. The number of hydrogen-bond donors (Lipinski definition) is 2. The molecule has 37 heavy (non-hydrogen) atoms. The molecule has 0 saturated carbocycles. The minimum atomic E-state index is -0.850. The van der Waals surface area contributed by atoms with E-state index in [0.29, 0.717) is 12.5 Å². The van der Waals surface area contributed by atoms with E-state index in [2.05, 4.69) is 26.0 Å². The summed E-state index contributed by atoms with van der Waals surface area (Å²) in [6.45, 7) is 12.2. The number of carbonyl (C=O) groups is 1. The van der Waals surface area contributed by atoms with Crippen molar-refractivity contribution in [1.82, 2.24) is 9.97 Å². The van der Waals surface area contributed by atoms with E-state index in [9.17, 15) is 9.90 Å². The van der Waals surface area contributed by atoms with E-state index in [1.165, 1.54) is 5.56 Å². The lowest BCUT2D eigenvalue weighted by molar-refractivity contribution is -0.136. The molecule has 0 fully saturated rings. The molecule has 1 aliphatic heterocycles. The molecule has 0 atom stereocenters. The third kappa shape index (κ3) is 6.08. The van der Waals surface area contributed by atoms with Gasteiger partial charge in [-0.15, -0.1) is 0 Å². The van der Waals surface area contributed by atoms with E-state index in [1.54, 1.807) is 20.8 Å². The number of ether oxygens (including phenoxy) is 1. The first-order chi connectivity index (χ1) is 17.4. The van der Waals surface area contributed by atoms with E-state index in [1.807, 2.05) is 37.4 Å². The topological polar surface area (TPSA) is 92.5 Å². The van der Waals surface area contributed by atoms with Crippen LogP contribution < -0.4 is 4.74 Å². The number of fused-ring (bicyclic) bond motifs is 1. The van der Waals surface area contributed by atoms with Crippen molar-refractivity contribution in [3.63, 3.8) is 0 Å². The molecule has 5 rings (SSSR count). The highest BCUT2D eigenvalue weighted by molar-refractivity contribution is 6.07. The van der Waals surface area contributed by atoms with Gasteiger partial charge in [-0.3, -0.25) is 14.8 Å². The lowest BCUT2D eigenvalue weighted by Gasteiger charge is -2.21. The first-order valence-corrected chi connectivity index (χ1v) is 12.8. The Morgan fingerprint density at radius 2 is 1.86 bits per heavy atom. The SMILES string of the molecule is CC(C)(C)O.Cc1cc2nc(CC(C)C)ccc2c(-c2ccc3c4c(ccnc24)CCO3)c1CC(=O)O. The molecule has 6 nitrogen and oxygen atoms in total. The van der Waals surface area contributed by atoms with Crippen LogP contribution in [0.15, 0.2) is 42.6 Å². The first kappa shape index (κ1) is 26.6. The Morgan fingerprint density at radius 3 is 2.54 bits per heavy atom. The van der Waals surface area contributed by atoms with Gasteiger partial charge in [0.1, 0.15) is 5.75 Å². The number of benzene rings is 2. The van der Waals surface area contributed by atoms with Crippen LogP contribution in [-0.4, -0.2) is 38.4 Å². The number of nitrogens with zero attached hydrogens (tertiary/aromatic N) is 2. The number of pyridine rings is 2. The third-order valence-corrected chi connectivity index (χ3v) is 6.17. The van der Waals surface area contributed by atoms with Crippen LogP contribution in [-0.2, 0) is 24.1 Å². The molecule has 194 valence electrons. The summed E-state index contributed by atoms with van der Waals surface area (Å²) in [5, 5.41) is 20.2. The number of aromatic nitrogens is 2. The molecule has 1 aliphatic rings. The molecule has 2 aromatic carbocycles. The Labute approximate surface area is 218 Å². The quantitative estimate of drug-likeness (QED) is 0.334. The Morgan fingerprint density at radius 1 is 1.14 bits per heavy atom. The van der Waals surface area contributed by atoms with Crippen molar-refractivity contribution in [3.8, 4) is 16.9 Å². The van der Waals surface area contributed by atoms with Crippen LogP contribution in [0.2, 0.25) is 0 Å². The van der Waals surface area contributed by atoms with Crippen LogP contribution in [0.25, 0.3) is 32.9 Å². The summed E-state index contributed by atoms with van der Waals surface area (Å²) in [4.78, 5) is 21.5. The molecule has 2 aromatic heterocycles. The molecule has 0 saturated heterocycles. The monoisotopic (exact) mass is 500 g/mol. The van der Waals surface area contributed by atoms with Gasteiger partial charge >= 0.3 is 5.97 Å². The highest BCUT2D eigenvalue weighted by atomic mass is 16.5. The van der Waals surface area contributed by atoms with E-state index in [4.69, 9.17) is 19.8 Å². The summed E-state index contributed by atoms with van der Waals surface area (Å²) < 4.78 is 5.90. The lowest BCUT2D eigenvalue weighted by atomic mass is 9.87. The Hall–Kier alpha value is -3.51. The number of carboxylic acids is 1. The van der Waals surface area contributed by atoms with Crippen molar-refractivity contribution in [2.75, 3.05) is 6.61 Å². The van der Waals surface area contributed by atoms with Crippen LogP contribution >= 0.6 is 0 Å². The van der Waals surface area contributed by atoms with Crippen molar-refractivity contribution in [2.45, 2.75) is 66.4 Å². The minimum absolute atomic E-state index is 0.0513. The maximum absolute atomic E-state index is 11.8. The van der Waals surface area contributed by atoms with Crippen LogP contribution in [0.1, 0.15) is 57.0 Å². The fourth-order valence-corrected chi connectivity index (χ4v) is 4.81. The second kappa shape index (κ2) is 10.5. The van der Waals surface area contributed by atoms with Crippen molar-refractivity contribution in [1.29, 1.82) is 0 Å². The predicted molar refractivity (Wildman–Crippen MR) is 148 cm³/mol. The van der Waals surface area contributed by atoms with E-state index in [-0.39, 0.29) is 6.42 Å². The second-order valence-electron chi connectivity index (χ2n) is 11.2. The first-order valence-electron chi connectivity index (χ1n) is 12.8. The molecule has 4 aromatic rings. The standard InChI is InChI=1S/C27H26N2O3.C4H10O/c1-15(2)12-18-4-5-19-22(29-18)13-16(3)21(14-24(30)31)26(19)20-6-7-23-25-17(9-11-32-23)8-10-28-27(20)25;1-4(2,3)5/h4-8,10,13,15H,9,11-12,14H2,1-3H3,(H,30,31);5H,1-3H3. The van der Waals surface area contributed by atoms with E-state index >= 15 is 0 Å². The average Bonchev–Trinajstić information content (AvgIpc) is 2.79. The van der Waals surface area contributed by atoms with Crippen LogP contribution in [0.3, 0.4) is 0 Å². The summed E-state index contributed by atoms with van der Waals surface area (Å²) in [6, 6.07) is 12.2. The second-order valence-corrected chi connectivity index (χ2v) is 11.2. The molecule has 0 bridgehead atoms. The Balaban J connectivity index is 0.000000586. The fourth-order valence-electron chi connectivity index (χ4n) is 4.81. The predicted octanol–water partition coefficient (Wildman–Crippen LogP) is 6.30. The Kier molecular flexibility index (Phi) is 7.51. The highest BCUT2D eigenvalue weighted by Gasteiger charge is 2.22. The van der Waals surface area contributed by atoms with Crippen molar-refractivity contribution in [2.24, 2.45) is 5.92 Å². The van der Waals surface area contributed by atoms with Gasteiger partial charge in [-0.2, -0.15) is 0 Å². The summed E-state index contributed by atoms with van der Waals surface area (Å²) in [5.74, 6) is 0.501. The largest absolute Gasteiger partial charge is 0.493 e. The van der Waals surface area contributed by atoms with Gasteiger partial charge in [-0.05, 0) is 92.6 Å². The molecule has 2 N–H and O–H groups in total. The number of carboxylic acid groups (broad SMARTS) is 1. The van der Waals surface area contributed by atoms with Gasteiger partial charge in [0.15, 0.2) is 0 Å². The van der Waals surface area contributed by atoms with Crippen LogP contribution in [0, 0.1) is 12.8 Å². The average molecular weight is 501 g/mol. The van der Waals surface area contributed by atoms with Crippen molar-refractivity contribution < 1.29 is 19.7 Å². The maximum Gasteiger partial charge on any atom is 0.307 e. The molecule has 0 spiro atoms. The van der Waals surface area contributed by atoms with Crippen molar-refractivity contribution >= 4 is 27.8 Å². The van der Waals surface area contributed by atoms with Crippen LogP contribution in [0.5, 0.6) is 5.75 Å². The minimum Gasteiger partial charge on any atom is -0.493 e. The fraction of sp³-hybridized carbons (Fsp3) is 0.387.